The standard InChI is InChI=1S/C7H14O/c1-4-7(2)5-6-8-3/h5H,4,6H2,1-3H3/b7-5+. The Hall–Kier alpha value is -0.300. The summed E-state index contributed by atoms with van der Waals surface area (Å²) < 4.78 is 4.84. The molecule has 1 heteroatoms. The van der Waals surface area contributed by atoms with Gasteiger partial charge in [0.2, 0.25) is 0 Å². The first-order valence-corrected chi connectivity index (χ1v) is 2.95. The largest absolute Gasteiger partial charge is 0.381 e. The topological polar surface area (TPSA) is 9.23 Å². The maximum absolute atomic E-state index is 4.84. The van der Waals surface area contributed by atoms with Crippen LogP contribution in [0.3, 0.4) is 0 Å². The van der Waals surface area contributed by atoms with Gasteiger partial charge in [-0.3, -0.25) is 0 Å². The van der Waals surface area contributed by atoms with Gasteiger partial charge in [-0.25, -0.2) is 0 Å². The molecule has 0 aromatic heterocycles. The smallest absolute Gasteiger partial charge is 0.0646 e. The van der Waals surface area contributed by atoms with Crippen LogP contribution in [0.2, 0.25) is 0 Å². The number of methoxy groups -OCH3 is 1. The van der Waals surface area contributed by atoms with Gasteiger partial charge in [-0.2, -0.15) is 0 Å². The molecule has 1 nitrogen and oxygen atoms in total. The van der Waals surface area contributed by atoms with Gasteiger partial charge < -0.3 is 4.74 Å². The first-order valence-electron chi connectivity index (χ1n) is 2.95. The molecule has 0 atom stereocenters. The van der Waals surface area contributed by atoms with Gasteiger partial charge in [-0.15, -0.1) is 0 Å². The summed E-state index contributed by atoms with van der Waals surface area (Å²) in [4.78, 5) is 0. The van der Waals surface area contributed by atoms with Gasteiger partial charge in [0, 0.05) is 7.11 Å². The van der Waals surface area contributed by atoms with Crippen LogP contribution in [-0.2, 0) is 4.74 Å². The van der Waals surface area contributed by atoms with Crippen molar-refractivity contribution in [3.63, 3.8) is 0 Å². The van der Waals surface area contributed by atoms with E-state index in [0.717, 1.165) is 13.0 Å². The van der Waals surface area contributed by atoms with Crippen molar-refractivity contribution >= 4 is 0 Å². The molecule has 0 rings (SSSR count). The van der Waals surface area contributed by atoms with Gasteiger partial charge in [0.05, 0.1) is 6.61 Å². The maximum Gasteiger partial charge on any atom is 0.0646 e. The molecule has 0 N–H and O–H groups in total. The molecule has 0 radical (unpaired) electrons. The van der Waals surface area contributed by atoms with Gasteiger partial charge in [0.15, 0.2) is 0 Å². The van der Waals surface area contributed by atoms with Crippen LogP contribution in [0.1, 0.15) is 20.3 Å². The third kappa shape index (κ3) is 3.88. The second-order valence-corrected chi connectivity index (χ2v) is 1.86. The minimum Gasteiger partial charge on any atom is -0.381 e. The predicted octanol–water partition coefficient (Wildman–Crippen LogP) is 1.99. The number of hydrogen-bond acceptors (Lipinski definition) is 1. The lowest BCUT2D eigenvalue weighted by molar-refractivity contribution is 0.233. The molecule has 0 aliphatic heterocycles. The third-order valence-electron chi connectivity index (χ3n) is 1.16. The molecule has 8 heavy (non-hydrogen) atoms. The Kier molecular flexibility index (Phi) is 4.67. The number of allylic oxidation sites excluding steroid dienone is 1. The van der Waals surface area contributed by atoms with E-state index in [2.05, 4.69) is 19.9 Å². The maximum atomic E-state index is 4.84. The van der Waals surface area contributed by atoms with Crippen LogP contribution in [0.15, 0.2) is 11.6 Å². The van der Waals surface area contributed by atoms with Gasteiger partial charge in [-0.1, -0.05) is 18.6 Å². The van der Waals surface area contributed by atoms with E-state index in [-0.39, 0.29) is 0 Å². The molecule has 0 aliphatic carbocycles. The molecule has 0 aromatic rings. The van der Waals surface area contributed by atoms with Crippen molar-refractivity contribution in [3.05, 3.63) is 11.6 Å². The molecular formula is C7H14O. The molecule has 0 fully saturated rings. The Bertz CT molecular complexity index is 74.5. The summed E-state index contributed by atoms with van der Waals surface area (Å²) in [5.74, 6) is 0. The van der Waals surface area contributed by atoms with E-state index in [1.807, 2.05) is 0 Å². The zero-order valence-electron chi connectivity index (χ0n) is 5.90. The lowest BCUT2D eigenvalue weighted by Gasteiger charge is -1.92. The predicted molar refractivity (Wildman–Crippen MR) is 35.9 cm³/mol. The highest BCUT2D eigenvalue weighted by Crippen LogP contribution is 1.95. The van der Waals surface area contributed by atoms with Crippen molar-refractivity contribution in [1.82, 2.24) is 0 Å². The molecule has 0 heterocycles. The van der Waals surface area contributed by atoms with Gasteiger partial charge in [0.25, 0.3) is 0 Å². The van der Waals surface area contributed by atoms with Gasteiger partial charge in [-0.05, 0) is 13.3 Å². The average molecular weight is 114 g/mol. The van der Waals surface area contributed by atoms with Crippen LogP contribution in [0, 0.1) is 0 Å². The molecular weight excluding hydrogens is 100 g/mol. The minimum atomic E-state index is 0.750. The summed E-state index contributed by atoms with van der Waals surface area (Å²) in [6.07, 6.45) is 3.23. The Morgan fingerprint density at radius 1 is 1.62 bits per heavy atom. The van der Waals surface area contributed by atoms with Crippen molar-refractivity contribution in [2.24, 2.45) is 0 Å². The molecule has 0 saturated carbocycles. The fourth-order valence-corrected chi connectivity index (χ4v) is 0.370. The van der Waals surface area contributed by atoms with Crippen molar-refractivity contribution < 1.29 is 4.74 Å². The van der Waals surface area contributed by atoms with Gasteiger partial charge in [0.1, 0.15) is 0 Å². The molecule has 0 unspecified atom stereocenters. The molecule has 0 amide bonds. The van der Waals surface area contributed by atoms with Crippen LogP contribution in [0.25, 0.3) is 0 Å². The highest BCUT2D eigenvalue weighted by Gasteiger charge is 1.79. The molecule has 0 spiro atoms. The van der Waals surface area contributed by atoms with E-state index in [4.69, 9.17) is 4.74 Å². The van der Waals surface area contributed by atoms with E-state index in [1.165, 1.54) is 5.57 Å². The molecule has 0 aliphatic rings. The van der Waals surface area contributed by atoms with Crippen LogP contribution in [0.4, 0.5) is 0 Å². The van der Waals surface area contributed by atoms with E-state index < -0.39 is 0 Å². The molecule has 0 aromatic carbocycles. The summed E-state index contributed by atoms with van der Waals surface area (Å²) in [6, 6.07) is 0. The lowest BCUT2D eigenvalue weighted by Crippen LogP contribution is -1.82. The SMILES string of the molecule is CC/C(C)=C/COC. The van der Waals surface area contributed by atoms with Crippen LogP contribution in [0.5, 0.6) is 0 Å². The van der Waals surface area contributed by atoms with Crippen molar-refractivity contribution in [2.75, 3.05) is 13.7 Å². The van der Waals surface area contributed by atoms with Crippen molar-refractivity contribution in [3.8, 4) is 0 Å². The summed E-state index contributed by atoms with van der Waals surface area (Å²) in [5.41, 5.74) is 1.40. The van der Waals surface area contributed by atoms with E-state index in [0.29, 0.717) is 0 Å². The number of hydrogen-bond donors (Lipinski definition) is 0. The third-order valence-corrected chi connectivity index (χ3v) is 1.16. The monoisotopic (exact) mass is 114 g/mol. The molecule has 0 bridgehead atoms. The van der Waals surface area contributed by atoms with Crippen LogP contribution < -0.4 is 0 Å². The zero-order chi connectivity index (χ0) is 6.41. The second kappa shape index (κ2) is 4.85. The van der Waals surface area contributed by atoms with Crippen LogP contribution >= 0.6 is 0 Å². The van der Waals surface area contributed by atoms with Crippen LogP contribution in [-0.4, -0.2) is 13.7 Å². The van der Waals surface area contributed by atoms with Gasteiger partial charge >= 0.3 is 0 Å². The quantitative estimate of drug-likeness (QED) is 0.510. The average Bonchev–Trinajstić information content (AvgIpc) is 1.83. The first kappa shape index (κ1) is 7.70. The molecule has 0 saturated heterocycles. The fourth-order valence-electron chi connectivity index (χ4n) is 0.370. The Morgan fingerprint density at radius 2 is 2.25 bits per heavy atom. The lowest BCUT2D eigenvalue weighted by atomic mass is 10.2. The fraction of sp³-hybridized carbons (Fsp3) is 0.714. The van der Waals surface area contributed by atoms with Crippen molar-refractivity contribution in [1.29, 1.82) is 0 Å². The summed E-state index contributed by atoms with van der Waals surface area (Å²) in [5, 5.41) is 0. The first-order chi connectivity index (χ1) is 3.81. The highest BCUT2D eigenvalue weighted by atomic mass is 16.5. The summed E-state index contributed by atoms with van der Waals surface area (Å²) >= 11 is 0. The highest BCUT2D eigenvalue weighted by molar-refractivity contribution is 4.96. The minimum absolute atomic E-state index is 0.750. The van der Waals surface area contributed by atoms with E-state index in [1.54, 1.807) is 7.11 Å². The van der Waals surface area contributed by atoms with E-state index >= 15 is 0 Å². The summed E-state index contributed by atoms with van der Waals surface area (Å²) in [7, 11) is 1.71. The Morgan fingerprint density at radius 3 is 2.62 bits per heavy atom. The zero-order valence-corrected chi connectivity index (χ0v) is 5.90. The number of ether oxygens (including phenoxy) is 1. The summed E-state index contributed by atoms with van der Waals surface area (Å²) in [6.45, 7) is 5.00. The van der Waals surface area contributed by atoms with Crippen molar-refractivity contribution in [2.45, 2.75) is 20.3 Å². The normalized spacial score (nSPS) is 12.1. The number of rotatable bonds is 3. The Labute approximate surface area is 51.4 Å². The second-order valence-electron chi connectivity index (χ2n) is 1.86. The molecule has 48 valence electrons. The van der Waals surface area contributed by atoms with E-state index in [9.17, 15) is 0 Å². The Balaban J connectivity index is 3.26.